The number of benzene rings is 1. The first-order valence-electron chi connectivity index (χ1n) is 7.46. The van der Waals surface area contributed by atoms with Crippen LogP contribution in [0.1, 0.15) is 36.3 Å². The zero-order chi connectivity index (χ0) is 15.5. The van der Waals surface area contributed by atoms with Crippen molar-refractivity contribution in [3.05, 3.63) is 53.6 Å². The van der Waals surface area contributed by atoms with E-state index in [4.69, 9.17) is 5.26 Å². The van der Waals surface area contributed by atoms with Crippen LogP contribution in [0.25, 0.3) is 5.57 Å². The highest BCUT2D eigenvalue weighted by atomic mass is 15.3. The van der Waals surface area contributed by atoms with Crippen molar-refractivity contribution < 1.29 is 0 Å². The Balaban J connectivity index is 1.71. The topological polar surface area (TPSA) is 57.7 Å². The van der Waals surface area contributed by atoms with Gasteiger partial charge in [0.2, 0.25) is 0 Å². The molecule has 0 amide bonds. The third-order valence-electron chi connectivity index (χ3n) is 4.29. The highest BCUT2D eigenvalue weighted by Crippen LogP contribution is 2.27. The third-order valence-corrected chi connectivity index (χ3v) is 4.29. The van der Waals surface area contributed by atoms with Crippen LogP contribution < -0.4 is 0 Å². The van der Waals surface area contributed by atoms with Crippen LogP contribution in [0.2, 0.25) is 0 Å². The number of rotatable bonds is 3. The van der Waals surface area contributed by atoms with E-state index in [0.29, 0.717) is 5.56 Å². The molecule has 1 aliphatic rings. The molecule has 0 aliphatic carbocycles. The van der Waals surface area contributed by atoms with Crippen molar-refractivity contribution in [3.63, 3.8) is 0 Å². The number of hydrogen-bond donors (Lipinski definition) is 0. The molecule has 0 bridgehead atoms. The van der Waals surface area contributed by atoms with Crippen molar-refractivity contribution in [1.82, 2.24) is 19.7 Å². The first kappa shape index (κ1) is 14.5. The third kappa shape index (κ3) is 2.78. The highest BCUT2D eigenvalue weighted by molar-refractivity contribution is 5.67. The molecule has 1 aliphatic heterocycles. The van der Waals surface area contributed by atoms with E-state index in [2.05, 4.69) is 34.2 Å². The highest BCUT2D eigenvalue weighted by Gasteiger charge is 2.22. The molecule has 0 spiro atoms. The minimum atomic E-state index is 0.256. The number of nitriles is 1. The van der Waals surface area contributed by atoms with E-state index in [9.17, 15) is 0 Å². The molecule has 0 N–H and O–H groups in total. The van der Waals surface area contributed by atoms with Gasteiger partial charge in [-0.05, 0) is 36.6 Å². The van der Waals surface area contributed by atoms with Gasteiger partial charge in [0.1, 0.15) is 12.2 Å². The molecule has 2 heterocycles. The fourth-order valence-electron chi connectivity index (χ4n) is 2.89. The molecular weight excluding hydrogens is 274 g/mol. The van der Waals surface area contributed by atoms with Crippen molar-refractivity contribution in [2.75, 3.05) is 13.1 Å². The van der Waals surface area contributed by atoms with Gasteiger partial charge in [0.05, 0.1) is 17.7 Å². The van der Waals surface area contributed by atoms with Crippen LogP contribution in [0.4, 0.5) is 0 Å². The molecule has 5 heteroatoms. The molecule has 1 aromatic carbocycles. The molecule has 112 valence electrons. The Kier molecular flexibility index (Phi) is 4.03. The number of nitrogens with zero attached hydrogens (tertiary/aromatic N) is 5. The molecule has 1 aromatic heterocycles. The lowest BCUT2D eigenvalue weighted by molar-refractivity contribution is 0.221. The van der Waals surface area contributed by atoms with Gasteiger partial charge in [-0.3, -0.25) is 4.90 Å². The standard InChI is InChI=1S/C17H19N5/c1-13(17-20-19-12-21(17)2)22-9-7-16(8-10-22)15-5-3-14(11-18)4-6-15/h3-7,12-13H,8-10H2,1-2H3. The second-order valence-corrected chi connectivity index (χ2v) is 5.64. The van der Waals surface area contributed by atoms with Gasteiger partial charge in [0.25, 0.3) is 0 Å². The maximum Gasteiger partial charge on any atom is 0.149 e. The summed E-state index contributed by atoms with van der Waals surface area (Å²) in [7, 11) is 1.98. The summed E-state index contributed by atoms with van der Waals surface area (Å²) in [5.74, 6) is 0.996. The van der Waals surface area contributed by atoms with E-state index in [0.717, 1.165) is 25.3 Å². The largest absolute Gasteiger partial charge is 0.319 e. The fraction of sp³-hybridized carbons (Fsp3) is 0.353. The number of hydrogen-bond acceptors (Lipinski definition) is 4. The Hall–Kier alpha value is -2.45. The van der Waals surface area contributed by atoms with Gasteiger partial charge >= 0.3 is 0 Å². The molecule has 0 fully saturated rings. The Morgan fingerprint density at radius 2 is 2.05 bits per heavy atom. The Bertz CT molecular complexity index is 720. The van der Waals surface area contributed by atoms with E-state index in [1.807, 2.05) is 35.9 Å². The summed E-state index contributed by atoms with van der Waals surface area (Å²) in [6, 6.07) is 10.2. The summed E-state index contributed by atoms with van der Waals surface area (Å²) in [5, 5.41) is 17.0. The van der Waals surface area contributed by atoms with Crippen LogP contribution in [0.3, 0.4) is 0 Å². The average Bonchev–Trinajstić information content (AvgIpc) is 3.00. The first-order valence-corrected chi connectivity index (χ1v) is 7.46. The SMILES string of the molecule is CC(c1nncn1C)N1CC=C(c2ccc(C#N)cc2)CC1. The quantitative estimate of drug-likeness (QED) is 0.872. The van der Waals surface area contributed by atoms with Crippen molar-refractivity contribution in [2.24, 2.45) is 7.05 Å². The lowest BCUT2D eigenvalue weighted by atomic mass is 9.98. The molecule has 0 radical (unpaired) electrons. The molecule has 5 nitrogen and oxygen atoms in total. The molecule has 22 heavy (non-hydrogen) atoms. The minimum absolute atomic E-state index is 0.256. The lowest BCUT2D eigenvalue weighted by Gasteiger charge is -2.31. The van der Waals surface area contributed by atoms with Crippen molar-refractivity contribution in [3.8, 4) is 6.07 Å². The van der Waals surface area contributed by atoms with Crippen molar-refractivity contribution >= 4 is 5.57 Å². The van der Waals surface area contributed by atoms with E-state index >= 15 is 0 Å². The molecule has 3 rings (SSSR count). The van der Waals surface area contributed by atoms with E-state index in [-0.39, 0.29) is 6.04 Å². The van der Waals surface area contributed by atoms with Gasteiger partial charge in [-0.15, -0.1) is 10.2 Å². The predicted octanol–water partition coefficient (Wildman–Crippen LogP) is 2.54. The molecular formula is C17H19N5. The summed E-state index contributed by atoms with van der Waals surface area (Å²) in [6.45, 7) is 4.08. The number of aryl methyl sites for hydroxylation is 1. The van der Waals surface area contributed by atoms with Crippen molar-refractivity contribution in [2.45, 2.75) is 19.4 Å². The van der Waals surface area contributed by atoms with Crippen molar-refractivity contribution in [1.29, 1.82) is 5.26 Å². The second kappa shape index (κ2) is 6.12. The van der Waals surface area contributed by atoms with Gasteiger partial charge in [-0.1, -0.05) is 18.2 Å². The molecule has 1 atom stereocenters. The van der Waals surface area contributed by atoms with Gasteiger partial charge in [-0.2, -0.15) is 5.26 Å². The second-order valence-electron chi connectivity index (χ2n) is 5.64. The smallest absolute Gasteiger partial charge is 0.149 e. The summed E-state index contributed by atoms with van der Waals surface area (Å²) in [5.41, 5.74) is 3.27. The van der Waals surface area contributed by atoms with Gasteiger partial charge in [0, 0.05) is 20.1 Å². The Morgan fingerprint density at radius 1 is 1.27 bits per heavy atom. The molecule has 1 unspecified atom stereocenters. The summed E-state index contributed by atoms with van der Waals surface area (Å²) < 4.78 is 1.98. The molecule has 0 saturated carbocycles. The van der Waals surface area contributed by atoms with Gasteiger partial charge in [-0.25, -0.2) is 0 Å². The average molecular weight is 293 g/mol. The van der Waals surface area contributed by atoms with Crippen LogP contribution in [-0.4, -0.2) is 32.8 Å². The zero-order valence-electron chi connectivity index (χ0n) is 12.9. The fourth-order valence-corrected chi connectivity index (χ4v) is 2.89. The maximum absolute atomic E-state index is 8.86. The van der Waals surface area contributed by atoms with E-state index in [1.165, 1.54) is 11.1 Å². The van der Waals surface area contributed by atoms with E-state index in [1.54, 1.807) is 6.33 Å². The van der Waals surface area contributed by atoms with Crippen LogP contribution in [0, 0.1) is 11.3 Å². The van der Waals surface area contributed by atoms with Gasteiger partial charge < -0.3 is 4.57 Å². The summed E-state index contributed by atoms with van der Waals surface area (Å²) in [4.78, 5) is 2.40. The number of aromatic nitrogens is 3. The monoisotopic (exact) mass is 293 g/mol. The summed E-state index contributed by atoms with van der Waals surface area (Å²) in [6.07, 6.45) is 5.03. The van der Waals surface area contributed by atoms with Crippen LogP contribution in [-0.2, 0) is 7.05 Å². The zero-order valence-corrected chi connectivity index (χ0v) is 12.9. The Morgan fingerprint density at radius 3 is 2.59 bits per heavy atom. The van der Waals surface area contributed by atoms with E-state index < -0.39 is 0 Å². The molecule has 0 saturated heterocycles. The van der Waals surface area contributed by atoms with Crippen LogP contribution >= 0.6 is 0 Å². The predicted molar refractivity (Wildman–Crippen MR) is 84.7 cm³/mol. The maximum atomic E-state index is 8.86. The van der Waals surface area contributed by atoms with Crippen LogP contribution in [0.15, 0.2) is 36.7 Å². The minimum Gasteiger partial charge on any atom is -0.319 e. The van der Waals surface area contributed by atoms with Crippen LogP contribution in [0.5, 0.6) is 0 Å². The summed E-state index contributed by atoms with van der Waals surface area (Å²) >= 11 is 0. The normalized spacial score (nSPS) is 16.9. The Labute approximate surface area is 130 Å². The lowest BCUT2D eigenvalue weighted by Crippen LogP contribution is -2.32. The van der Waals surface area contributed by atoms with Gasteiger partial charge in [0.15, 0.2) is 0 Å². The molecule has 2 aromatic rings. The first-order chi connectivity index (χ1) is 10.7.